The maximum Gasteiger partial charge on any atom is 0.422 e. The Morgan fingerprint density at radius 1 is 1.42 bits per heavy atom. The van der Waals surface area contributed by atoms with Gasteiger partial charge in [-0.3, -0.25) is 4.90 Å². The van der Waals surface area contributed by atoms with E-state index in [1.807, 2.05) is 0 Å². The molecule has 0 fully saturated rings. The monoisotopic (exact) mass is 279 g/mol. The second-order valence-corrected chi connectivity index (χ2v) is 4.40. The molecule has 0 aliphatic rings. The molecule has 0 aliphatic heterocycles. The van der Waals surface area contributed by atoms with Crippen molar-refractivity contribution in [1.29, 1.82) is 0 Å². The number of amides is 1. The second kappa shape index (κ2) is 5.99. The summed E-state index contributed by atoms with van der Waals surface area (Å²) >= 11 is 0. The largest absolute Gasteiger partial charge is 0.464 e. The number of hydrogen-bond acceptors (Lipinski definition) is 3. The Hall–Kier alpha value is -1.66. The van der Waals surface area contributed by atoms with E-state index in [9.17, 15) is 18.0 Å². The number of nitrogens with zero attached hydrogens (tertiary/aromatic N) is 1. The number of halogens is 3. The van der Waals surface area contributed by atoms with Gasteiger partial charge in [0, 0.05) is 6.04 Å². The molecule has 0 saturated carbocycles. The first-order chi connectivity index (χ1) is 8.69. The van der Waals surface area contributed by atoms with Crippen LogP contribution in [0.1, 0.15) is 25.4 Å². The van der Waals surface area contributed by atoms with Crippen molar-refractivity contribution in [3.8, 4) is 0 Å². The summed E-state index contributed by atoms with van der Waals surface area (Å²) in [4.78, 5) is 12.8. The van der Waals surface area contributed by atoms with Gasteiger partial charge in [0.05, 0.1) is 6.54 Å². The van der Waals surface area contributed by atoms with Crippen LogP contribution in [-0.2, 0) is 11.3 Å². The van der Waals surface area contributed by atoms with Gasteiger partial charge < -0.3 is 9.15 Å². The number of aryl methyl sites for hydroxylation is 1. The number of carbonyl (C=O) groups excluding carboxylic acids is 1. The third-order valence-electron chi connectivity index (χ3n) is 2.34. The van der Waals surface area contributed by atoms with Gasteiger partial charge in [0.25, 0.3) is 0 Å². The molecule has 0 bridgehead atoms. The molecular weight excluding hydrogens is 263 g/mol. The van der Waals surface area contributed by atoms with Gasteiger partial charge in [0.2, 0.25) is 0 Å². The fraction of sp³-hybridized carbons (Fsp3) is 0.583. The minimum atomic E-state index is -4.53. The first-order valence-corrected chi connectivity index (χ1v) is 5.74. The van der Waals surface area contributed by atoms with Crippen LogP contribution >= 0.6 is 0 Å². The quantitative estimate of drug-likeness (QED) is 0.847. The molecule has 0 aromatic carbocycles. The van der Waals surface area contributed by atoms with Crippen molar-refractivity contribution in [3.05, 3.63) is 23.7 Å². The molecule has 0 unspecified atom stereocenters. The van der Waals surface area contributed by atoms with Crippen LogP contribution in [0, 0.1) is 6.92 Å². The first-order valence-electron chi connectivity index (χ1n) is 5.74. The minimum absolute atomic E-state index is 0.0716. The molecule has 0 spiro atoms. The summed E-state index contributed by atoms with van der Waals surface area (Å²) in [6, 6.07) is 3.09. The van der Waals surface area contributed by atoms with E-state index in [4.69, 9.17) is 4.42 Å². The van der Waals surface area contributed by atoms with Crippen LogP contribution in [-0.4, -0.2) is 29.8 Å². The lowest BCUT2D eigenvalue weighted by Crippen LogP contribution is -2.38. The maximum absolute atomic E-state index is 12.0. The van der Waals surface area contributed by atoms with Crippen LogP contribution in [0.3, 0.4) is 0 Å². The molecular formula is C12H16F3NO3. The van der Waals surface area contributed by atoms with E-state index < -0.39 is 18.9 Å². The van der Waals surface area contributed by atoms with Gasteiger partial charge >= 0.3 is 12.3 Å². The van der Waals surface area contributed by atoms with E-state index in [1.54, 1.807) is 32.9 Å². The minimum Gasteiger partial charge on any atom is -0.464 e. The maximum atomic E-state index is 12.0. The third kappa shape index (κ3) is 5.23. The summed E-state index contributed by atoms with van der Waals surface area (Å²) in [5, 5.41) is 0. The van der Waals surface area contributed by atoms with Crippen molar-refractivity contribution < 1.29 is 27.1 Å². The SMILES string of the molecule is Cc1ccc(CN(C(=O)OCC(F)(F)F)C(C)C)o1. The lowest BCUT2D eigenvalue weighted by atomic mass is 10.3. The van der Waals surface area contributed by atoms with E-state index in [0.717, 1.165) is 0 Å². The summed E-state index contributed by atoms with van der Waals surface area (Å²) in [6.07, 6.45) is -5.54. The number of ether oxygens (including phenoxy) is 1. The predicted molar refractivity (Wildman–Crippen MR) is 61.5 cm³/mol. The molecule has 4 nitrogen and oxygen atoms in total. The highest BCUT2D eigenvalue weighted by Gasteiger charge is 2.31. The lowest BCUT2D eigenvalue weighted by molar-refractivity contribution is -0.163. The smallest absolute Gasteiger partial charge is 0.422 e. The molecule has 1 aromatic rings. The summed E-state index contributed by atoms with van der Waals surface area (Å²) in [5.41, 5.74) is 0. The van der Waals surface area contributed by atoms with Gasteiger partial charge in [-0.2, -0.15) is 13.2 Å². The molecule has 0 aliphatic carbocycles. The Morgan fingerprint density at radius 2 is 2.05 bits per heavy atom. The lowest BCUT2D eigenvalue weighted by Gasteiger charge is -2.25. The zero-order valence-corrected chi connectivity index (χ0v) is 11.0. The molecule has 0 radical (unpaired) electrons. The topological polar surface area (TPSA) is 42.7 Å². The van der Waals surface area contributed by atoms with Crippen molar-refractivity contribution in [2.45, 2.75) is 39.5 Å². The fourth-order valence-electron chi connectivity index (χ4n) is 1.42. The van der Waals surface area contributed by atoms with Gasteiger partial charge in [0.1, 0.15) is 11.5 Å². The van der Waals surface area contributed by atoms with E-state index in [-0.39, 0.29) is 12.6 Å². The molecule has 0 saturated heterocycles. The number of carbonyl (C=O) groups is 1. The summed E-state index contributed by atoms with van der Waals surface area (Å²) in [6.45, 7) is 3.59. The third-order valence-corrected chi connectivity index (χ3v) is 2.34. The van der Waals surface area contributed by atoms with Gasteiger partial charge in [0.15, 0.2) is 6.61 Å². The Labute approximate surface area is 109 Å². The van der Waals surface area contributed by atoms with Crippen LogP contribution in [0.4, 0.5) is 18.0 Å². The van der Waals surface area contributed by atoms with E-state index >= 15 is 0 Å². The van der Waals surface area contributed by atoms with Crippen LogP contribution in [0.15, 0.2) is 16.5 Å². The number of furan rings is 1. The van der Waals surface area contributed by atoms with E-state index in [1.165, 1.54) is 4.90 Å². The standard InChI is InChI=1S/C12H16F3NO3/c1-8(2)16(6-10-5-4-9(3)19-10)11(17)18-7-12(13,14)15/h4-5,8H,6-7H2,1-3H3. The van der Waals surface area contributed by atoms with Gasteiger partial charge in [-0.1, -0.05) is 0 Å². The first kappa shape index (κ1) is 15.4. The molecule has 0 N–H and O–H groups in total. The highest BCUT2D eigenvalue weighted by atomic mass is 19.4. The average molecular weight is 279 g/mol. The molecule has 0 atom stereocenters. The molecule has 1 rings (SSSR count). The van der Waals surface area contributed by atoms with Crippen LogP contribution in [0.5, 0.6) is 0 Å². The molecule has 1 aromatic heterocycles. The fourth-order valence-corrected chi connectivity index (χ4v) is 1.42. The van der Waals surface area contributed by atoms with Crippen LogP contribution < -0.4 is 0 Å². The zero-order valence-electron chi connectivity index (χ0n) is 11.0. The summed E-state index contributed by atoms with van der Waals surface area (Å²) in [7, 11) is 0. The van der Waals surface area contributed by atoms with E-state index in [2.05, 4.69) is 4.74 Å². The van der Waals surface area contributed by atoms with Gasteiger partial charge in [-0.25, -0.2) is 4.79 Å². The molecule has 1 heterocycles. The van der Waals surface area contributed by atoms with E-state index in [0.29, 0.717) is 11.5 Å². The van der Waals surface area contributed by atoms with Crippen LogP contribution in [0.25, 0.3) is 0 Å². The molecule has 7 heteroatoms. The number of alkyl halides is 3. The van der Waals surface area contributed by atoms with Crippen molar-refractivity contribution >= 4 is 6.09 Å². The van der Waals surface area contributed by atoms with Crippen molar-refractivity contribution in [2.75, 3.05) is 6.61 Å². The number of rotatable bonds is 4. The Morgan fingerprint density at radius 3 is 2.47 bits per heavy atom. The zero-order chi connectivity index (χ0) is 14.6. The van der Waals surface area contributed by atoms with Crippen LogP contribution in [0.2, 0.25) is 0 Å². The summed E-state index contributed by atoms with van der Waals surface area (Å²) < 4.78 is 45.5. The molecule has 1 amide bonds. The second-order valence-electron chi connectivity index (χ2n) is 4.40. The highest BCUT2D eigenvalue weighted by molar-refractivity contribution is 5.67. The Bertz CT molecular complexity index is 426. The molecule has 108 valence electrons. The van der Waals surface area contributed by atoms with Crippen molar-refractivity contribution in [1.82, 2.24) is 4.90 Å². The normalized spacial score (nSPS) is 11.7. The Kier molecular flexibility index (Phi) is 4.85. The van der Waals surface area contributed by atoms with Crippen molar-refractivity contribution in [3.63, 3.8) is 0 Å². The Balaban J connectivity index is 2.64. The van der Waals surface area contributed by atoms with Gasteiger partial charge in [-0.05, 0) is 32.9 Å². The van der Waals surface area contributed by atoms with Crippen molar-refractivity contribution in [2.24, 2.45) is 0 Å². The number of hydrogen-bond donors (Lipinski definition) is 0. The predicted octanol–water partition coefficient (Wildman–Crippen LogP) is 3.50. The average Bonchev–Trinajstić information content (AvgIpc) is 2.67. The highest BCUT2D eigenvalue weighted by Crippen LogP contribution is 2.17. The molecule has 19 heavy (non-hydrogen) atoms. The van der Waals surface area contributed by atoms with Gasteiger partial charge in [-0.15, -0.1) is 0 Å². The summed E-state index contributed by atoms with van der Waals surface area (Å²) in [5.74, 6) is 1.16.